The molecule has 0 saturated heterocycles. The van der Waals surface area contributed by atoms with Gasteiger partial charge in [-0.05, 0) is 97.1 Å². The lowest BCUT2D eigenvalue weighted by molar-refractivity contribution is -0.0510. The summed E-state index contributed by atoms with van der Waals surface area (Å²) < 4.78 is 79.3. The van der Waals surface area contributed by atoms with Crippen molar-refractivity contribution in [2.45, 2.75) is 25.1 Å². The van der Waals surface area contributed by atoms with E-state index in [4.69, 9.17) is 31.9 Å². The standard InChI is InChI=1S/C28H28O4S.CHF3O3S/c1-29-21-5-13-25(14-6-21)33(26-15-7-22(30-2)8-16-26,27-17-9-23(31-3)10-18-27)28-19-11-24(32-4)12-20-28;2-1(3,4)8(5,6)7/h5-20H,1-4H3;(H,5,6,7). The van der Waals surface area contributed by atoms with Crippen LogP contribution in [0.4, 0.5) is 13.2 Å². The van der Waals surface area contributed by atoms with Crippen LogP contribution in [0.15, 0.2) is 117 Å². The van der Waals surface area contributed by atoms with Crippen molar-refractivity contribution in [3.8, 4) is 23.0 Å². The van der Waals surface area contributed by atoms with Crippen molar-refractivity contribution in [1.82, 2.24) is 0 Å². The maximum Gasteiger partial charge on any atom is 0.522 e. The monoisotopic (exact) mass is 610 g/mol. The van der Waals surface area contributed by atoms with Crippen molar-refractivity contribution in [3.05, 3.63) is 97.1 Å². The van der Waals surface area contributed by atoms with Crippen molar-refractivity contribution < 1.29 is 45.1 Å². The molecule has 0 aliphatic rings. The molecule has 0 aliphatic carbocycles. The van der Waals surface area contributed by atoms with Gasteiger partial charge in [-0.1, -0.05) is 0 Å². The maximum atomic E-state index is 10.7. The fraction of sp³-hybridized carbons (Fsp3) is 0.172. The SMILES string of the molecule is COc1ccc(S(c2ccc(OC)cc2)(c2ccc(OC)cc2)c2ccc(OC)cc2)cc1.O=S(=O)(O)C(F)(F)F. The molecule has 4 aromatic carbocycles. The molecular formula is C29H29F3O7S2. The second-order valence-electron chi connectivity index (χ2n) is 8.24. The van der Waals surface area contributed by atoms with E-state index in [0.29, 0.717) is 0 Å². The first kappa shape index (κ1) is 31.7. The van der Waals surface area contributed by atoms with Gasteiger partial charge in [-0.3, -0.25) is 4.55 Å². The molecule has 4 aromatic rings. The second kappa shape index (κ2) is 13.2. The van der Waals surface area contributed by atoms with Gasteiger partial charge in [0.1, 0.15) is 23.0 Å². The van der Waals surface area contributed by atoms with E-state index in [1.54, 1.807) is 28.4 Å². The Hall–Kier alpha value is -3.87. The molecule has 1 N–H and O–H groups in total. The highest BCUT2D eigenvalue weighted by Gasteiger charge is 2.44. The Labute approximate surface area is 238 Å². The zero-order valence-electron chi connectivity index (χ0n) is 22.6. The minimum Gasteiger partial charge on any atom is -0.497 e. The third-order valence-corrected chi connectivity index (χ3v) is 10.4. The van der Waals surface area contributed by atoms with Gasteiger partial charge in [0.15, 0.2) is 0 Å². The Morgan fingerprint density at radius 3 is 0.780 bits per heavy atom. The summed E-state index contributed by atoms with van der Waals surface area (Å²) in [6.07, 6.45) is 0. The Kier molecular flexibility index (Phi) is 10.2. The molecule has 0 atom stereocenters. The van der Waals surface area contributed by atoms with Crippen LogP contribution in [0.2, 0.25) is 0 Å². The maximum absolute atomic E-state index is 10.7. The van der Waals surface area contributed by atoms with E-state index in [0.717, 1.165) is 23.0 Å². The Morgan fingerprint density at radius 2 is 0.659 bits per heavy atom. The van der Waals surface area contributed by atoms with Gasteiger partial charge >= 0.3 is 15.6 Å². The highest BCUT2D eigenvalue weighted by atomic mass is 32.3. The van der Waals surface area contributed by atoms with Crippen LogP contribution in [0, 0.1) is 0 Å². The second-order valence-corrected chi connectivity index (χ2v) is 12.8. The van der Waals surface area contributed by atoms with Crippen LogP contribution in [0.1, 0.15) is 0 Å². The van der Waals surface area contributed by atoms with Crippen LogP contribution in [-0.2, 0) is 10.1 Å². The number of benzene rings is 4. The number of rotatable bonds is 8. The van der Waals surface area contributed by atoms with E-state index >= 15 is 0 Å². The topological polar surface area (TPSA) is 91.3 Å². The van der Waals surface area contributed by atoms with Gasteiger partial charge in [0.2, 0.25) is 0 Å². The Morgan fingerprint density at radius 1 is 0.488 bits per heavy atom. The lowest BCUT2D eigenvalue weighted by Gasteiger charge is -2.42. The molecule has 0 fully saturated rings. The van der Waals surface area contributed by atoms with E-state index < -0.39 is 25.7 Å². The van der Waals surface area contributed by atoms with Gasteiger partial charge in [-0.25, -0.2) is 0 Å². The fourth-order valence-electron chi connectivity index (χ4n) is 3.94. The van der Waals surface area contributed by atoms with Gasteiger partial charge in [0.25, 0.3) is 0 Å². The summed E-state index contributed by atoms with van der Waals surface area (Å²) in [6, 6.07) is 33.4. The highest BCUT2D eigenvalue weighted by molar-refractivity contribution is 8.34. The average molecular weight is 611 g/mol. The molecule has 0 saturated carbocycles. The Balaban J connectivity index is 0.000000507. The minimum atomic E-state index is -5.84. The third-order valence-electron chi connectivity index (χ3n) is 5.94. The summed E-state index contributed by atoms with van der Waals surface area (Å²) in [6.45, 7) is 0. The molecule has 0 aromatic heterocycles. The minimum absolute atomic E-state index is 0.825. The number of methoxy groups -OCH3 is 4. The molecule has 0 amide bonds. The summed E-state index contributed by atoms with van der Waals surface area (Å²) in [5.74, 6) is 3.30. The number of hydrogen-bond acceptors (Lipinski definition) is 6. The molecule has 41 heavy (non-hydrogen) atoms. The summed E-state index contributed by atoms with van der Waals surface area (Å²) in [5.41, 5.74) is -5.53. The first-order chi connectivity index (χ1) is 19.4. The number of alkyl halides is 3. The smallest absolute Gasteiger partial charge is 0.497 e. The van der Waals surface area contributed by atoms with Gasteiger partial charge in [0.05, 0.1) is 28.4 Å². The zero-order chi connectivity index (χ0) is 30.3. The molecule has 7 nitrogen and oxygen atoms in total. The van der Waals surface area contributed by atoms with Crippen molar-refractivity contribution in [2.24, 2.45) is 0 Å². The lowest BCUT2D eigenvalue weighted by atomic mass is 10.3. The van der Waals surface area contributed by atoms with Crippen molar-refractivity contribution in [3.63, 3.8) is 0 Å². The first-order valence-corrected chi connectivity index (χ1v) is 14.9. The molecular weight excluding hydrogens is 581 g/mol. The van der Waals surface area contributed by atoms with Crippen molar-refractivity contribution in [2.75, 3.05) is 28.4 Å². The summed E-state index contributed by atoms with van der Waals surface area (Å²) in [7, 11) is -0.930. The molecule has 0 aliphatic heterocycles. The zero-order valence-corrected chi connectivity index (χ0v) is 24.2. The average Bonchev–Trinajstić information content (AvgIpc) is 2.98. The largest absolute Gasteiger partial charge is 0.522 e. The molecule has 12 heteroatoms. The molecule has 0 spiro atoms. The lowest BCUT2D eigenvalue weighted by Crippen LogP contribution is -2.21. The highest BCUT2D eigenvalue weighted by Crippen LogP contribution is 2.73. The molecule has 0 bridgehead atoms. The summed E-state index contributed by atoms with van der Waals surface area (Å²) in [5, 5.41) is 0. The van der Waals surface area contributed by atoms with Crippen LogP contribution in [0.3, 0.4) is 0 Å². The number of hydrogen-bond donors (Lipinski definition) is 1. The van der Waals surface area contributed by atoms with Gasteiger partial charge in [-0.2, -0.15) is 21.6 Å². The molecule has 0 radical (unpaired) electrons. The predicted molar refractivity (Wildman–Crippen MR) is 150 cm³/mol. The van der Waals surface area contributed by atoms with Crippen LogP contribution in [0.25, 0.3) is 0 Å². The third kappa shape index (κ3) is 7.07. The van der Waals surface area contributed by atoms with Crippen LogP contribution < -0.4 is 18.9 Å². The van der Waals surface area contributed by atoms with E-state index in [1.165, 1.54) is 19.6 Å². The normalized spacial score (nSPS) is 12.0. The van der Waals surface area contributed by atoms with Gasteiger partial charge in [-0.15, -0.1) is 10.0 Å². The summed E-state index contributed by atoms with van der Waals surface area (Å²) in [4.78, 5) is 4.79. The number of halogens is 3. The van der Waals surface area contributed by atoms with E-state index in [9.17, 15) is 13.2 Å². The van der Waals surface area contributed by atoms with Gasteiger partial charge < -0.3 is 18.9 Å². The molecule has 0 heterocycles. The molecule has 220 valence electrons. The van der Waals surface area contributed by atoms with E-state index in [1.807, 2.05) is 48.5 Å². The van der Waals surface area contributed by atoms with Crippen LogP contribution in [0.5, 0.6) is 23.0 Å². The van der Waals surface area contributed by atoms with Crippen LogP contribution >= 0.6 is 10.0 Å². The number of ether oxygens (including phenoxy) is 4. The fourth-order valence-corrected chi connectivity index (χ4v) is 7.75. The predicted octanol–water partition coefficient (Wildman–Crippen LogP) is 7.46. The Bertz CT molecular complexity index is 1310. The van der Waals surface area contributed by atoms with E-state index in [2.05, 4.69) is 48.5 Å². The molecule has 0 unspecified atom stereocenters. The van der Waals surface area contributed by atoms with Crippen LogP contribution in [-0.4, -0.2) is 46.9 Å². The van der Waals surface area contributed by atoms with Gasteiger partial charge in [0, 0.05) is 19.6 Å². The van der Waals surface area contributed by atoms with E-state index in [-0.39, 0.29) is 0 Å². The van der Waals surface area contributed by atoms with Crippen molar-refractivity contribution >= 4 is 20.1 Å². The van der Waals surface area contributed by atoms with Crippen molar-refractivity contribution in [1.29, 1.82) is 0 Å². The summed E-state index contributed by atoms with van der Waals surface area (Å²) >= 11 is 0. The molecule has 4 rings (SSSR count). The quantitative estimate of drug-likeness (QED) is 0.164. The first-order valence-electron chi connectivity index (χ1n) is 11.8.